The van der Waals surface area contributed by atoms with Gasteiger partial charge in [0.1, 0.15) is 11.2 Å². The molecule has 5 heteroatoms. The molecule has 8 aromatic rings. The smallest absolute Gasteiger partial charge is 0.164 e. The van der Waals surface area contributed by atoms with Gasteiger partial charge in [0.05, 0.1) is 6.85 Å². The van der Waals surface area contributed by atoms with Crippen LogP contribution in [0.3, 0.4) is 0 Å². The number of furan rings is 1. The predicted molar refractivity (Wildman–Crippen MR) is 163 cm³/mol. The monoisotopic (exact) mass is 538 g/mol. The number of benzene rings is 6. The van der Waals surface area contributed by atoms with Crippen LogP contribution >= 0.6 is 11.6 Å². The Kier molecular flexibility index (Phi) is 4.11. The molecule has 0 spiro atoms. The maximum Gasteiger partial charge on any atom is 0.164 e. The minimum absolute atomic E-state index is 0.0267. The second-order valence-corrected chi connectivity index (χ2v) is 9.77. The van der Waals surface area contributed by atoms with Gasteiger partial charge in [0.15, 0.2) is 17.5 Å². The highest BCUT2D eigenvalue weighted by Gasteiger charge is 2.20. The van der Waals surface area contributed by atoms with Gasteiger partial charge < -0.3 is 4.42 Å². The summed E-state index contributed by atoms with van der Waals surface area (Å²) in [6.45, 7) is 0. The summed E-state index contributed by atoms with van der Waals surface area (Å²) < 4.78 is 48.6. The number of aromatic nitrogens is 3. The summed E-state index contributed by atoms with van der Waals surface area (Å²) in [5, 5.41) is 4.51. The van der Waals surface area contributed by atoms with Gasteiger partial charge in [0.25, 0.3) is 0 Å². The molecule has 0 saturated heterocycles. The minimum Gasteiger partial charge on any atom is -0.456 e. The van der Waals surface area contributed by atoms with E-state index in [0.717, 1.165) is 32.7 Å². The first kappa shape index (κ1) is 18.3. The van der Waals surface area contributed by atoms with Gasteiger partial charge in [-0.05, 0) is 39.7 Å². The molecule has 0 atom stereocenters. The van der Waals surface area contributed by atoms with Crippen molar-refractivity contribution in [3.63, 3.8) is 0 Å². The van der Waals surface area contributed by atoms with Crippen LogP contribution in [0, 0.1) is 0 Å². The van der Waals surface area contributed by atoms with Crippen LogP contribution in [0.15, 0.2) is 126 Å². The van der Waals surface area contributed by atoms with Gasteiger partial charge >= 0.3 is 0 Å². The number of nitrogens with zero attached hydrogens (tertiary/aromatic N) is 3. The lowest BCUT2D eigenvalue weighted by molar-refractivity contribution is 0.669. The van der Waals surface area contributed by atoms with Gasteiger partial charge in [-0.25, -0.2) is 15.0 Å². The third-order valence-electron chi connectivity index (χ3n) is 7.02. The molecule has 4 nitrogen and oxygen atoms in total. The van der Waals surface area contributed by atoms with Crippen LogP contribution in [-0.2, 0) is 0 Å². The van der Waals surface area contributed by atoms with Gasteiger partial charge in [-0.3, -0.25) is 0 Å². The summed E-state index contributed by atoms with van der Waals surface area (Å²) >= 11 is 6.57. The van der Waals surface area contributed by atoms with Crippen LogP contribution in [0.1, 0.15) is 6.85 Å². The SMILES string of the molecule is [2H]c1cc2c(oc3c([2H])c(Cl)c([2H])c(-c4nc(-c5ccccc5)nc(-c5cc6ccccc6c6ccccc56)n4)c32)c([2H])c1[2H]. The Bertz CT molecular complexity index is 2520. The molecule has 6 aromatic carbocycles. The summed E-state index contributed by atoms with van der Waals surface area (Å²) in [5.41, 5.74) is 1.75. The zero-order valence-corrected chi connectivity index (χ0v) is 21.5. The van der Waals surface area contributed by atoms with E-state index in [0.29, 0.717) is 17.0 Å². The average molecular weight is 539 g/mol. The fraction of sp³-hybridized carbons (Fsp3) is 0. The van der Waals surface area contributed by atoms with Crippen LogP contribution < -0.4 is 0 Å². The number of hydrogen-bond donors (Lipinski definition) is 0. The second-order valence-electron chi connectivity index (χ2n) is 9.39. The van der Waals surface area contributed by atoms with Crippen LogP contribution in [0.2, 0.25) is 5.02 Å². The first-order valence-corrected chi connectivity index (χ1v) is 13.0. The van der Waals surface area contributed by atoms with E-state index in [-0.39, 0.29) is 63.2 Å². The van der Waals surface area contributed by atoms with Crippen molar-refractivity contribution in [1.82, 2.24) is 15.0 Å². The van der Waals surface area contributed by atoms with Crippen LogP contribution in [0.4, 0.5) is 0 Å². The fourth-order valence-electron chi connectivity index (χ4n) is 5.25. The molecule has 2 heterocycles. The Balaban J connectivity index is 1.52. The van der Waals surface area contributed by atoms with Crippen LogP contribution in [0.25, 0.3) is 77.6 Å². The van der Waals surface area contributed by atoms with Gasteiger partial charge in [0, 0.05) is 38.5 Å². The molecular formula is C35H20ClN3O. The Hall–Kier alpha value is -5.06. The van der Waals surface area contributed by atoms with E-state index in [1.807, 2.05) is 72.8 Å². The second kappa shape index (κ2) is 9.01. The van der Waals surface area contributed by atoms with Gasteiger partial charge in [-0.15, -0.1) is 0 Å². The molecule has 0 N–H and O–H groups in total. The summed E-state index contributed by atoms with van der Waals surface area (Å²) in [4.78, 5) is 14.7. The van der Waals surface area contributed by atoms with E-state index in [9.17, 15) is 0 Å². The van der Waals surface area contributed by atoms with E-state index >= 15 is 0 Å². The first-order valence-electron chi connectivity index (χ1n) is 15.2. The predicted octanol–water partition coefficient (Wildman–Crippen LogP) is 9.73. The highest BCUT2D eigenvalue weighted by molar-refractivity contribution is 6.32. The van der Waals surface area contributed by atoms with Crippen molar-refractivity contribution in [3.05, 3.63) is 126 Å². The van der Waals surface area contributed by atoms with Crippen molar-refractivity contribution < 1.29 is 11.3 Å². The quantitative estimate of drug-likeness (QED) is 0.210. The molecule has 0 fully saturated rings. The van der Waals surface area contributed by atoms with Gasteiger partial charge in [-0.2, -0.15) is 0 Å². The molecule has 0 unspecified atom stereocenters. The minimum atomic E-state index is -0.302. The molecule has 0 aliphatic rings. The Morgan fingerprint density at radius 3 is 2.15 bits per heavy atom. The lowest BCUT2D eigenvalue weighted by Gasteiger charge is -2.13. The van der Waals surface area contributed by atoms with Crippen molar-refractivity contribution in [2.24, 2.45) is 0 Å². The Labute approximate surface area is 241 Å². The largest absolute Gasteiger partial charge is 0.456 e. The van der Waals surface area contributed by atoms with Gasteiger partial charge in [0.2, 0.25) is 0 Å². The maximum atomic E-state index is 9.08. The van der Waals surface area contributed by atoms with Crippen molar-refractivity contribution in [3.8, 4) is 34.2 Å². The average Bonchev–Trinajstić information content (AvgIpc) is 3.45. The summed E-state index contributed by atoms with van der Waals surface area (Å²) in [5.74, 6) is 0.877. The van der Waals surface area contributed by atoms with Crippen molar-refractivity contribution in [2.75, 3.05) is 0 Å². The molecule has 0 bridgehead atoms. The molecule has 8 rings (SSSR count). The zero-order valence-electron chi connectivity index (χ0n) is 25.8. The van der Waals surface area contributed by atoms with Crippen molar-refractivity contribution >= 4 is 55.1 Å². The van der Waals surface area contributed by atoms with Crippen molar-refractivity contribution in [2.45, 2.75) is 0 Å². The van der Waals surface area contributed by atoms with E-state index in [1.165, 1.54) is 6.07 Å². The summed E-state index contributed by atoms with van der Waals surface area (Å²) in [7, 11) is 0. The normalized spacial score (nSPS) is 13.4. The third-order valence-corrected chi connectivity index (χ3v) is 7.21. The molecule has 188 valence electrons. The topological polar surface area (TPSA) is 51.8 Å². The number of hydrogen-bond acceptors (Lipinski definition) is 4. The lowest BCUT2D eigenvalue weighted by Crippen LogP contribution is -2.01. The molecule has 0 aliphatic heterocycles. The molecule has 40 heavy (non-hydrogen) atoms. The van der Waals surface area contributed by atoms with E-state index in [1.54, 1.807) is 0 Å². The van der Waals surface area contributed by atoms with Crippen LogP contribution in [-0.4, -0.2) is 15.0 Å². The molecular weight excluding hydrogens is 514 g/mol. The molecule has 2 aromatic heterocycles. The molecule has 0 amide bonds. The highest BCUT2D eigenvalue weighted by atomic mass is 35.5. The number of halogens is 1. The van der Waals surface area contributed by atoms with Crippen LogP contribution in [0.5, 0.6) is 0 Å². The maximum absolute atomic E-state index is 9.08. The summed E-state index contributed by atoms with van der Waals surface area (Å²) in [6, 6.07) is 27.9. The number of rotatable bonds is 3. The van der Waals surface area contributed by atoms with E-state index in [4.69, 9.17) is 37.8 Å². The fourth-order valence-corrected chi connectivity index (χ4v) is 5.43. The molecule has 0 aliphatic carbocycles. The first-order chi connectivity index (χ1) is 21.8. The zero-order chi connectivity index (χ0) is 31.0. The Morgan fingerprint density at radius 2 is 1.30 bits per heavy atom. The third kappa shape index (κ3) is 3.65. The standard InChI is InChI=1S/C35H20ClN3O/c36-23-19-29(32-27-16-8-9-17-30(27)40-31(32)20-23)35-38-33(21-10-2-1-3-11-21)37-34(39-35)28-18-22-12-4-5-13-24(22)25-14-6-7-15-26(25)28/h1-20H/i8D,9D,17D,19D,20D. The molecule has 0 saturated carbocycles. The number of para-hydroxylation sites is 1. The molecule has 0 radical (unpaired) electrons. The van der Waals surface area contributed by atoms with Gasteiger partial charge in [-0.1, -0.05) is 109 Å². The summed E-state index contributed by atoms with van der Waals surface area (Å²) in [6.07, 6.45) is 0. The van der Waals surface area contributed by atoms with E-state index in [2.05, 4.69) is 12.1 Å². The highest BCUT2D eigenvalue weighted by Crippen LogP contribution is 2.39. The Morgan fingerprint density at radius 1 is 0.600 bits per heavy atom. The number of fused-ring (bicyclic) bond motifs is 6. The van der Waals surface area contributed by atoms with Crippen molar-refractivity contribution in [1.29, 1.82) is 0 Å². The van der Waals surface area contributed by atoms with E-state index < -0.39 is 0 Å². The lowest BCUT2D eigenvalue weighted by atomic mass is 9.96.